The van der Waals surface area contributed by atoms with Gasteiger partial charge in [0.25, 0.3) is 0 Å². The summed E-state index contributed by atoms with van der Waals surface area (Å²) >= 11 is 0. The average molecular weight is 265 g/mol. The smallest absolute Gasteiger partial charge is 0.237 e. The molecule has 0 saturated heterocycles. The number of nitrogens with one attached hydrogen (secondary N) is 1. The van der Waals surface area contributed by atoms with Gasteiger partial charge in [0.1, 0.15) is 11.2 Å². The fourth-order valence-corrected chi connectivity index (χ4v) is 1.36. The molecule has 1 rings (SSSR count). The van der Waals surface area contributed by atoms with Crippen molar-refractivity contribution in [2.75, 3.05) is 11.9 Å². The number of carbonyl (C=O) groups is 1. The molecule has 0 aliphatic carbocycles. The molecule has 0 bridgehead atoms. The zero-order valence-corrected chi connectivity index (χ0v) is 11.3. The van der Waals surface area contributed by atoms with Crippen LogP contribution < -0.4 is 15.8 Å². The van der Waals surface area contributed by atoms with Crippen LogP contribution in [0.3, 0.4) is 0 Å². The van der Waals surface area contributed by atoms with E-state index in [2.05, 4.69) is 10.5 Å². The van der Waals surface area contributed by atoms with Crippen LogP contribution in [-0.4, -0.2) is 23.6 Å². The molecule has 0 fully saturated rings. The van der Waals surface area contributed by atoms with Gasteiger partial charge < -0.3 is 21.0 Å². The van der Waals surface area contributed by atoms with Gasteiger partial charge in [-0.05, 0) is 32.9 Å². The van der Waals surface area contributed by atoms with E-state index in [4.69, 9.17) is 15.7 Å². The first-order valence-electron chi connectivity index (χ1n) is 5.94. The SMILES string of the molecule is CCOc1cccc(NC(=O)C(C)(C)C(N)=NO)c1. The van der Waals surface area contributed by atoms with E-state index in [0.717, 1.165) is 0 Å². The molecule has 0 aliphatic rings. The highest BCUT2D eigenvalue weighted by atomic mass is 16.5. The number of oxime groups is 1. The van der Waals surface area contributed by atoms with Gasteiger partial charge in [-0.2, -0.15) is 0 Å². The van der Waals surface area contributed by atoms with Gasteiger partial charge in [-0.15, -0.1) is 0 Å². The Kier molecular flexibility index (Phi) is 4.74. The molecule has 104 valence electrons. The average Bonchev–Trinajstić information content (AvgIpc) is 2.38. The van der Waals surface area contributed by atoms with Crippen molar-refractivity contribution < 1.29 is 14.7 Å². The number of nitrogens with zero attached hydrogens (tertiary/aromatic N) is 1. The van der Waals surface area contributed by atoms with Crippen LogP contribution in [0, 0.1) is 5.41 Å². The molecule has 6 heteroatoms. The second-order valence-corrected chi connectivity index (χ2v) is 4.53. The second-order valence-electron chi connectivity index (χ2n) is 4.53. The standard InChI is InChI=1S/C13H19N3O3/c1-4-19-10-7-5-6-9(8-10)15-12(17)13(2,3)11(14)16-18/h5-8,18H,4H2,1-3H3,(H2,14,16)(H,15,17). The van der Waals surface area contributed by atoms with Crippen molar-refractivity contribution in [2.45, 2.75) is 20.8 Å². The number of nitrogens with two attached hydrogens (primary N) is 1. The third-order valence-electron chi connectivity index (χ3n) is 2.72. The third-order valence-corrected chi connectivity index (χ3v) is 2.72. The molecule has 1 aromatic carbocycles. The van der Waals surface area contributed by atoms with Crippen molar-refractivity contribution in [1.82, 2.24) is 0 Å². The molecule has 19 heavy (non-hydrogen) atoms. The number of anilines is 1. The van der Waals surface area contributed by atoms with Crippen molar-refractivity contribution in [2.24, 2.45) is 16.3 Å². The van der Waals surface area contributed by atoms with Crippen LogP contribution in [0.1, 0.15) is 20.8 Å². The van der Waals surface area contributed by atoms with Gasteiger partial charge >= 0.3 is 0 Å². The van der Waals surface area contributed by atoms with E-state index in [-0.39, 0.29) is 11.7 Å². The lowest BCUT2D eigenvalue weighted by molar-refractivity contribution is -0.121. The van der Waals surface area contributed by atoms with Crippen molar-refractivity contribution in [3.05, 3.63) is 24.3 Å². The lowest BCUT2D eigenvalue weighted by atomic mass is 9.91. The lowest BCUT2D eigenvalue weighted by Crippen LogP contribution is -2.42. The van der Waals surface area contributed by atoms with Gasteiger partial charge in [0.05, 0.1) is 6.61 Å². The summed E-state index contributed by atoms with van der Waals surface area (Å²) in [6.07, 6.45) is 0. The summed E-state index contributed by atoms with van der Waals surface area (Å²) in [6, 6.07) is 7.03. The number of amidine groups is 1. The Morgan fingerprint density at radius 1 is 1.53 bits per heavy atom. The van der Waals surface area contributed by atoms with Crippen LogP contribution in [0.25, 0.3) is 0 Å². The maximum atomic E-state index is 12.1. The molecule has 0 aromatic heterocycles. The Morgan fingerprint density at radius 3 is 2.79 bits per heavy atom. The van der Waals surface area contributed by atoms with Gasteiger partial charge in [0.2, 0.25) is 5.91 Å². The predicted octanol–water partition coefficient (Wildman–Crippen LogP) is 1.80. The number of hydrogen-bond donors (Lipinski definition) is 3. The molecule has 0 unspecified atom stereocenters. The summed E-state index contributed by atoms with van der Waals surface area (Å²) in [5, 5.41) is 14.2. The van der Waals surface area contributed by atoms with Crippen LogP contribution in [0.15, 0.2) is 29.4 Å². The van der Waals surface area contributed by atoms with Gasteiger partial charge in [0, 0.05) is 11.8 Å². The molecule has 4 N–H and O–H groups in total. The van der Waals surface area contributed by atoms with Crippen LogP contribution >= 0.6 is 0 Å². The number of carbonyl (C=O) groups excluding carboxylic acids is 1. The van der Waals surface area contributed by atoms with E-state index >= 15 is 0 Å². The molecule has 1 aromatic rings. The summed E-state index contributed by atoms with van der Waals surface area (Å²) in [5.41, 5.74) is 4.99. The first kappa shape index (κ1) is 14.8. The molecule has 0 atom stereocenters. The molecule has 0 spiro atoms. The summed E-state index contributed by atoms with van der Waals surface area (Å²) in [5.74, 6) is 0.157. The van der Waals surface area contributed by atoms with E-state index < -0.39 is 5.41 Å². The largest absolute Gasteiger partial charge is 0.494 e. The predicted molar refractivity (Wildman–Crippen MR) is 73.4 cm³/mol. The van der Waals surface area contributed by atoms with Crippen LogP contribution in [0.4, 0.5) is 5.69 Å². The number of hydrogen-bond acceptors (Lipinski definition) is 4. The van der Waals surface area contributed by atoms with Gasteiger partial charge in [-0.3, -0.25) is 4.79 Å². The molecule has 0 aliphatic heterocycles. The minimum atomic E-state index is -1.10. The van der Waals surface area contributed by atoms with E-state index in [9.17, 15) is 4.79 Å². The summed E-state index contributed by atoms with van der Waals surface area (Å²) in [7, 11) is 0. The zero-order valence-electron chi connectivity index (χ0n) is 11.3. The highest BCUT2D eigenvalue weighted by Crippen LogP contribution is 2.21. The fraction of sp³-hybridized carbons (Fsp3) is 0.385. The first-order chi connectivity index (χ1) is 8.91. The first-order valence-corrected chi connectivity index (χ1v) is 5.94. The van der Waals surface area contributed by atoms with Crippen LogP contribution in [0.5, 0.6) is 5.75 Å². The van der Waals surface area contributed by atoms with Crippen molar-refractivity contribution in [3.63, 3.8) is 0 Å². The summed E-state index contributed by atoms with van der Waals surface area (Å²) in [6.45, 7) is 5.58. The van der Waals surface area contributed by atoms with E-state index in [1.807, 2.05) is 6.92 Å². The molecular formula is C13H19N3O3. The summed E-state index contributed by atoms with van der Waals surface area (Å²) < 4.78 is 5.34. The minimum Gasteiger partial charge on any atom is -0.494 e. The van der Waals surface area contributed by atoms with Gasteiger partial charge in [-0.25, -0.2) is 0 Å². The Morgan fingerprint density at radius 2 is 2.21 bits per heavy atom. The monoisotopic (exact) mass is 265 g/mol. The number of ether oxygens (including phenoxy) is 1. The number of rotatable bonds is 5. The van der Waals surface area contributed by atoms with Crippen molar-refractivity contribution in [1.29, 1.82) is 0 Å². The Balaban J connectivity index is 2.85. The van der Waals surface area contributed by atoms with Crippen LogP contribution in [0.2, 0.25) is 0 Å². The lowest BCUT2D eigenvalue weighted by Gasteiger charge is -2.21. The highest BCUT2D eigenvalue weighted by Gasteiger charge is 2.32. The van der Waals surface area contributed by atoms with Crippen LogP contribution in [-0.2, 0) is 4.79 Å². The molecule has 6 nitrogen and oxygen atoms in total. The van der Waals surface area contributed by atoms with Gasteiger partial charge in [-0.1, -0.05) is 11.2 Å². The topological polar surface area (TPSA) is 96.9 Å². The van der Waals surface area contributed by atoms with Crippen molar-refractivity contribution in [3.8, 4) is 5.75 Å². The van der Waals surface area contributed by atoms with E-state index in [1.165, 1.54) is 0 Å². The Bertz CT molecular complexity index is 484. The zero-order chi connectivity index (χ0) is 14.5. The fourth-order valence-electron chi connectivity index (χ4n) is 1.36. The minimum absolute atomic E-state index is 0.147. The Labute approximate surface area is 112 Å². The molecule has 0 saturated carbocycles. The third kappa shape index (κ3) is 3.61. The summed E-state index contributed by atoms with van der Waals surface area (Å²) in [4.78, 5) is 12.1. The second kappa shape index (κ2) is 6.08. The number of benzene rings is 1. The maximum Gasteiger partial charge on any atom is 0.237 e. The molecule has 0 heterocycles. The normalized spacial score (nSPS) is 12.1. The van der Waals surface area contributed by atoms with Gasteiger partial charge in [0.15, 0.2) is 5.84 Å². The quantitative estimate of drug-likeness (QED) is 0.327. The maximum absolute atomic E-state index is 12.1. The molecule has 0 radical (unpaired) electrons. The number of amides is 1. The van der Waals surface area contributed by atoms with Crippen molar-refractivity contribution >= 4 is 17.4 Å². The Hall–Kier alpha value is -2.24. The highest BCUT2D eigenvalue weighted by molar-refractivity contribution is 6.11. The van der Waals surface area contributed by atoms with E-state index in [1.54, 1.807) is 38.1 Å². The molecular weight excluding hydrogens is 246 g/mol. The van der Waals surface area contributed by atoms with E-state index in [0.29, 0.717) is 18.0 Å². The molecule has 1 amide bonds.